The molecule has 1 aromatic heterocycles. The fraction of sp³-hybridized carbons (Fsp3) is 0.346. The summed E-state index contributed by atoms with van der Waals surface area (Å²) in [6, 6.07) is 19.1. The highest BCUT2D eigenvalue weighted by molar-refractivity contribution is 7.98. The first-order chi connectivity index (χ1) is 16.1. The van der Waals surface area contributed by atoms with Crippen LogP contribution in [0, 0.1) is 0 Å². The highest BCUT2D eigenvalue weighted by Crippen LogP contribution is 2.22. The topological polar surface area (TPSA) is 104 Å². The number of amides is 1. The minimum atomic E-state index is -1.85. The Kier molecular flexibility index (Phi) is 8.17. The molecule has 0 unspecified atom stereocenters. The molecule has 0 radical (unpaired) electrons. The summed E-state index contributed by atoms with van der Waals surface area (Å²) in [4.78, 5) is 30.7. The zero-order valence-electron chi connectivity index (χ0n) is 20.0. The smallest absolute Gasteiger partial charge is 0.337 e. The Bertz CT molecular complexity index is 1140. The van der Waals surface area contributed by atoms with E-state index < -0.39 is 23.0 Å². The maximum absolute atomic E-state index is 13.1. The molecule has 1 amide bonds. The molecule has 0 aliphatic rings. The van der Waals surface area contributed by atoms with Gasteiger partial charge in [0.15, 0.2) is 0 Å². The molecule has 0 fully saturated rings. The van der Waals surface area contributed by atoms with Crippen LogP contribution in [0.25, 0.3) is 10.9 Å². The Balaban J connectivity index is 1.69. The number of benzene rings is 2. The van der Waals surface area contributed by atoms with Crippen molar-refractivity contribution in [2.45, 2.75) is 44.2 Å². The summed E-state index contributed by atoms with van der Waals surface area (Å²) in [5.74, 6) is -0.0816. The van der Waals surface area contributed by atoms with Gasteiger partial charge in [-0.3, -0.25) is 9.78 Å². The Labute approximate surface area is 204 Å². The van der Waals surface area contributed by atoms with E-state index in [1.165, 1.54) is 11.8 Å². The van der Waals surface area contributed by atoms with E-state index in [0.717, 1.165) is 27.9 Å². The Morgan fingerprint density at radius 3 is 2.41 bits per heavy atom. The summed E-state index contributed by atoms with van der Waals surface area (Å²) < 4.78 is 10.7. The maximum Gasteiger partial charge on any atom is 0.337 e. The lowest BCUT2D eigenvalue weighted by Crippen LogP contribution is -2.62. The van der Waals surface area contributed by atoms with E-state index >= 15 is 0 Å². The van der Waals surface area contributed by atoms with Crippen LogP contribution in [0.5, 0.6) is 5.75 Å². The number of thioether (sulfide) groups is 1. The van der Waals surface area contributed by atoms with Crippen molar-refractivity contribution in [1.29, 1.82) is 0 Å². The number of hydrogen-bond acceptors (Lipinski definition) is 7. The number of pyridine rings is 1. The number of hydrogen-bond donors (Lipinski definition) is 2. The van der Waals surface area contributed by atoms with Crippen molar-refractivity contribution in [3.05, 3.63) is 71.9 Å². The first-order valence-corrected chi connectivity index (χ1v) is 12.1. The van der Waals surface area contributed by atoms with Crippen molar-refractivity contribution in [3.63, 3.8) is 0 Å². The number of carbonyl (C=O) groups excluding carboxylic acids is 2. The van der Waals surface area contributed by atoms with Crippen molar-refractivity contribution in [2.24, 2.45) is 5.73 Å². The molecule has 0 spiro atoms. The first-order valence-electron chi connectivity index (χ1n) is 11.0. The van der Waals surface area contributed by atoms with Gasteiger partial charge in [-0.05, 0) is 50.6 Å². The lowest BCUT2D eigenvalue weighted by atomic mass is 10.0. The van der Waals surface area contributed by atoms with Crippen molar-refractivity contribution < 1.29 is 19.1 Å². The van der Waals surface area contributed by atoms with E-state index in [4.69, 9.17) is 15.2 Å². The summed E-state index contributed by atoms with van der Waals surface area (Å²) >= 11 is 1.37. The van der Waals surface area contributed by atoms with Gasteiger partial charge in [-0.2, -0.15) is 11.8 Å². The highest BCUT2D eigenvalue weighted by Gasteiger charge is 2.45. The van der Waals surface area contributed by atoms with E-state index in [-0.39, 0.29) is 12.3 Å². The molecule has 1 heterocycles. The van der Waals surface area contributed by atoms with Gasteiger partial charge >= 0.3 is 5.97 Å². The SMILES string of the molecule is COc1ccc(CNC(=O)[C@](N)(CSCc2ccc3ccccc3n2)C(=O)OC(C)(C)C)cc1. The number of ether oxygens (including phenoxy) is 2. The fourth-order valence-corrected chi connectivity index (χ4v) is 4.22. The standard InChI is InChI=1S/C26H31N3O4S/c1-25(2,3)33-24(31)26(27,23(30)28-15-18-9-13-21(32-4)14-10-18)17-34-16-20-12-11-19-7-5-6-8-22(19)29-20/h5-14H,15-17,27H2,1-4H3,(H,28,30)/t26-/m1/s1. The highest BCUT2D eigenvalue weighted by atomic mass is 32.2. The van der Waals surface area contributed by atoms with Crippen LogP contribution in [0.4, 0.5) is 0 Å². The molecule has 7 nitrogen and oxygen atoms in total. The van der Waals surface area contributed by atoms with Crippen molar-refractivity contribution in [2.75, 3.05) is 12.9 Å². The quantitative estimate of drug-likeness (QED) is 0.354. The number of fused-ring (bicyclic) bond motifs is 1. The van der Waals surface area contributed by atoms with Gasteiger partial charge in [0.25, 0.3) is 5.91 Å². The number of esters is 1. The van der Waals surface area contributed by atoms with E-state index in [9.17, 15) is 9.59 Å². The van der Waals surface area contributed by atoms with Gasteiger partial charge in [0.05, 0.1) is 18.3 Å². The lowest BCUT2D eigenvalue weighted by molar-refractivity contribution is -0.163. The molecule has 3 N–H and O–H groups in total. The summed E-state index contributed by atoms with van der Waals surface area (Å²) in [6.45, 7) is 5.45. The van der Waals surface area contributed by atoms with Crippen LogP contribution in [0.15, 0.2) is 60.7 Å². The molecule has 0 bridgehead atoms. The normalized spacial score (nSPS) is 13.2. The van der Waals surface area contributed by atoms with Gasteiger partial charge in [0, 0.05) is 23.4 Å². The largest absolute Gasteiger partial charge is 0.497 e. The van der Waals surface area contributed by atoms with Crippen LogP contribution in [0.3, 0.4) is 0 Å². The molecule has 2 aromatic carbocycles. The van der Waals surface area contributed by atoms with Crippen LogP contribution >= 0.6 is 11.8 Å². The summed E-state index contributed by atoms with van der Waals surface area (Å²) in [6.07, 6.45) is 0. The molecule has 34 heavy (non-hydrogen) atoms. The zero-order valence-corrected chi connectivity index (χ0v) is 20.8. The second-order valence-electron chi connectivity index (χ2n) is 8.99. The number of carbonyl (C=O) groups is 2. The predicted molar refractivity (Wildman–Crippen MR) is 136 cm³/mol. The van der Waals surface area contributed by atoms with Crippen LogP contribution in [0.1, 0.15) is 32.0 Å². The maximum atomic E-state index is 13.1. The van der Waals surface area contributed by atoms with Gasteiger partial charge in [-0.1, -0.05) is 36.4 Å². The molecular weight excluding hydrogens is 450 g/mol. The fourth-order valence-electron chi connectivity index (χ4n) is 3.17. The second kappa shape index (κ2) is 10.9. The molecule has 0 aliphatic heterocycles. The average molecular weight is 482 g/mol. The zero-order chi connectivity index (χ0) is 24.8. The molecule has 0 saturated carbocycles. The average Bonchev–Trinajstić information content (AvgIpc) is 2.81. The third-order valence-electron chi connectivity index (χ3n) is 5.02. The summed E-state index contributed by atoms with van der Waals surface area (Å²) in [5, 5.41) is 3.83. The van der Waals surface area contributed by atoms with Crippen LogP contribution in [0.2, 0.25) is 0 Å². The van der Waals surface area contributed by atoms with Crippen molar-refractivity contribution >= 4 is 34.5 Å². The van der Waals surface area contributed by atoms with Gasteiger partial charge < -0.3 is 20.5 Å². The molecule has 0 saturated heterocycles. The number of nitrogens with one attached hydrogen (secondary N) is 1. The Hall–Kier alpha value is -3.10. The first kappa shape index (κ1) is 25.5. The van der Waals surface area contributed by atoms with E-state index in [1.54, 1.807) is 40.0 Å². The summed E-state index contributed by atoms with van der Waals surface area (Å²) in [5.41, 5.74) is 6.38. The summed E-state index contributed by atoms with van der Waals surface area (Å²) in [7, 11) is 1.59. The van der Waals surface area contributed by atoms with Crippen LogP contribution in [-0.2, 0) is 26.6 Å². The monoisotopic (exact) mass is 481 g/mol. The molecule has 1 atom stereocenters. The number of nitrogens with two attached hydrogens (primary N) is 1. The van der Waals surface area contributed by atoms with Crippen molar-refractivity contribution in [3.8, 4) is 5.75 Å². The molecule has 180 valence electrons. The van der Waals surface area contributed by atoms with Gasteiger partial charge in [0.1, 0.15) is 11.4 Å². The predicted octanol–water partition coefficient (Wildman–Crippen LogP) is 3.83. The number of rotatable bonds is 9. The molecule has 3 rings (SSSR count). The van der Waals surface area contributed by atoms with E-state index in [2.05, 4.69) is 10.3 Å². The van der Waals surface area contributed by atoms with Crippen molar-refractivity contribution in [1.82, 2.24) is 10.3 Å². The Morgan fingerprint density at radius 2 is 1.74 bits per heavy atom. The molecule has 8 heteroatoms. The minimum absolute atomic E-state index is 0.0465. The molecule has 0 aliphatic carbocycles. The van der Waals surface area contributed by atoms with Gasteiger partial charge in [-0.25, -0.2) is 4.79 Å². The van der Waals surface area contributed by atoms with Crippen LogP contribution in [-0.4, -0.2) is 40.9 Å². The number of nitrogens with zero attached hydrogens (tertiary/aromatic N) is 1. The minimum Gasteiger partial charge on any atom is -0.497 e. The van der Waals surface area contributed by atoms with Crippen LogP contribution < -0.4 is 15.8 Å². The Morgan fingerprint density at radius 1 is 1.03 bits per heavy atom. The number of methoxy groups -OCH3 is 1. The number of para-hydroxylation sites is 1. The third-order valence-corrected chi connectivity index (χ3v) is 6.18. The molecule has 3 aromatic rings. The number of aromatic nitrogens is 1. The van der Waals surface area contributed by atoms with E-state index in [0.29, 0.717) is 5.75 Å². The lowest BCUT2D eigenvalue weighted by Gasteiger charge is -2.30. The van der Waals surface area contributed by atoms with E-state index in [1.807, 2.05) is 48.5 Å². The third kappa shape index (κ3) is 6.71. The molecular formula is C26H31N3O4S. The van der Waals surface area contributed by atoms with Gasteiger partial charge in [0.2, 0.25) is 5.54 Å². The van der Waals surface area contributed by atoms with Gasteiger partial charge in [-0.15, -0.1) is 0 Å². The second-order valence-corrected chi connectivity index (χ2v) is 9.98.